The minimum absolute atomic E-state index is 0.148. The summed E-state index contributed by atoms with van der Waals surface area (Å²) in [5.41, 5.74) is 6.51. The molecule has 0 saturated heterocycles. The summed E-state index contributed by atoms with van der Waals surface area (Å²) in [7, 11) is 0. The molecule has 0 saturated carbocycles. The van der Waals surface area contributed by atoms with Gasteiger partial charge < -0.3 is 16.0 Å². The van der Waals surface area contributed by atoms with Gasteiger partial charge in [-0.3, -0.25) is 9.59 Å². The highest BCUT2D eigenvalue weighted by Crippen LogP contribution is 2.21. The average Bonchev–Trinajstić information content (AvgIpc) is 2.72. The molecule has 0 radical (unpaired) electrons. The summed E-state index contributed by atoms with van der Waals surface area (Å²) in [6.45, 7) is 6.71. The summed E-state index contributed by atoms with van der Waals surface area (Å²) < 4.78 is 0. The molecule has 3 N–H and O–H groups in total. The van der Waals surface area contributed by atoms with Crippen molar-refractivity contribution in [2.75, 3.05) is 17.2 Å². The minimum Gasteiger partial charge on any atom is -0.376 e. The molecular formula is C25H27N3O2. The van der Waals surface area contributed by atoms with Gasteiger partial charge >= 0.3 is 0 Å². The van der Waals surface area contributed by atoms with Crippen LogP contribution in [0.15, 0.2) is 66.7 Å². The van der Waals surface area contributed by atoms with Crippen molar-refractivity contribution in [3.63, 3.8) is 0 Å². The Morgan fingerprint density at radius 2 is 1.53 bits per heavy atom. The Morgan fingerprint density at radius 1 is 0.833 bits per heavy atom. The van der Waals surface area contributed by atoms with E-state index in [2.05, 4.69) is 35.0 Å². The molecule has 0 heterocycles. The molecule has 30 heavy (non-hydrogen) atoms. The van der Waals surface area contributed by atoms with Crippen LogP contribution in [0.3, 0.4) is 0 Å². The minimum atomic E-state index is -0.181. The number of rotatable bonds is 7. The van der Waals surface area contributed by atoms with E-state index in [9.17, 15) is 9.59 Å². The summed E-state index contributed by atoms with van der Waals surface area (Å²) in [5, 5.41) is 8.96. The highest BCUT2D eigenvalue weighted by Gasteiger charge is 2.09. The van der Waals surface area contributed by atoms with Gasteiger partial charge in [0.05, 0.1) is 6.54 Å². The highest BCUT2D eigenvalue weighted by atomic mass is 16.2. The summed E-state index contributed by atoms with van der Waals surface area (Å²) >= 11 is 0. The van der Waals surface area contributed by atoms with E-state index < -0.39 is 0 Å². The Morgan fingerprint density at radius 3 is 2.23 bits per heavy atom. The van der Waals surface area contributed by atoms with E-state index in [4.69, 9.17) is 0 Å². The van der Waals surface area contributed by atoms with E-state index in [1.54, 1.807) is 24.3 Å². The zero-order valence-electron chi connectivity index (χ0n) is 17.6. The number of carbonyl (C=O) groups excluding carboxylic acids is 2. The fourth-order valence-corrected chi connectivity index (χ4v) is 3.45. The van der Waals surface area contributed by atoms with Crippen LogP contribution in [0, 0.1) is 20.8 Å². The summed E-state index contributed by atoms with van der Waals surface area (Å²) in [4.78, 5) is 24.8. The van der Waals surface area contributed by atoms with Crippen molar-refractivity contribution in [3.8, 4) is 0 Å². The zero-order chi connectivity index (χ0) is 21.5. The number of nitrogens with one attached hydrogen (secondary N) is 3. The van der Waals surface area contributed by atoms with Gasteiger partial charge in [-0.25, -0.2) is 0 Å². The Balaban J connectivity index is 1.57. The van der Waals surface area contributed by atoms with Gasteiger partial charge in [-0.15, -0.1) is 0 Å². The first-order valence-electron chi connectivity index (χ1n) is 9.96. The fraction of sp³-hybridized carbons (Fsp3) is 0.200. The molecule has 0 aliphatic carbocycles. The third-order valence-electron chi connectivity index (χ3n) is 4.81. The predicted molar refractivity (Wildman–Crippen MR) is 122 cm³/mol. The maximum Gasteiger partial charge on any atom is 0.251 e. The molecule has 0 unspecified atom stereocenters. The monoisotopic (exact) mass is 401 g/mol. The summed E-state index contributed by atoms with van der Waals surface area (Å²) in [6, 6.07) is 20.8. The Hall–Kier alpha value is -3.60. The van der Waals surface area contributed by atoms with Crippen molar-refractivity contribution in [2.45, 2.75) is 27.3 Å². The molecule has 3 aromatic rings. The van der Waals surface area contributed by atoms with Crippen LogP contribution in [0.5, 0.6) is 0 Å². The van der Waals surface area contributed by atoms with Crippen molar-refractivity contribution < 1.29 is 9.59 Å². The lowest BCUT2D eigenvalue weighted by atomic mass is 10.1. The third-order valence-corrected chi connectivity index (χ3v) is 4.81. The van der Waals surface area contributed by atoms with Gasteiger partial charge in [0.1, 0.15) is 0 Å². The van der Waals surface area contributed by atoms with E-state index in [-0.39, 0.29) is 18.4 Å². The number of hydrogen-bond donors (Lipinski definition) is 3. The largest absolute Gasteiger partial charge is 0.376 e. The summed E-state index contributed by atoms with van der Waals surface area (Å²) in [6.07, 6.45) is 0. The van der Waals surface area contributed by atoms with Gasteiger partial charge in [0.2, 0.25) is 5.91 Å². The molecule has 5 nitrogen and oxygen atoms in total. The summed E-state index contributed by atoms with van der Waals surface area (Å²) in [5.74, 6) is -0.352. The van der Waals surface area contributed by atoms with E-state index in [1.165, 1.54) is 5.56 Å². The van der Waals surface area contributed by atoms with Crippen molar-refractivity contribution >= 4 is 23.2 Å². The molecule has 0 aromatic heterocycles. The predicted octanol–water partition coefficient (Wildman–Crippen LogP) is 4.59. The number of hydrogen-bond acceptors (Lipinski definition) is 3. The Bertz CT molecular complexity index is 1020. The number of aryl methyl sites for hydroxylation is 3. The maximum atomic E-state index is 12.4. The van der Waals surface area contributed by atoms with Crippen LogP contribution in [0.1, 0.15) is 32.6 Å². The average molecular weight is 402 g/mol. The Labute approximate surface area is 177 Å². The lowest BCUT2D eigenvalue weighted by Gasteiger charge is -2.14. The van der Waals surface area contributed by atoms with Gasteiger partial charge in [-0.1, -0.05) is 54.1 Å². The van der Waals surface area contributed by atoms with Crippen LogP contribution in [0.2, 0.25) is 0 Å². The first kappa shape index (κ1) is 21.1. The SMILES string of the molecule is Cc1cc(C)c(NCC(=O)Nc2cccc(C(=O)NCc3ccccc3)c2)c(C)c1. The molecule has 2 amide bonds. The van der Waals surface area contributed by atoms with Gasteiger partial charge in [-0.05, 0) is 55.7 Å². The van der Waals surface area contributed by atoms with Gasteiger partial charge in [0.15, 0.2) is 0 Å². The number of carbonyl (C=O) groups is 2. The van der Waals surface area contributed by atoms with Crippen molar-refractivity contribution in [1.29, 1.82) is 0 Å². The molecule has 5 heteroatoms. The second-order valence-corrected chi connectivity index (χ2v) is 7.42. The van der Waals surface area contributed by atoms with Crippen LogP contribution < -0.4 is 16.0 Å². The Kier molecular flexibility index (Phi) is 6.86. The first-order chi connectivity index (χ1) is 14.4. The van der Waals surface area contributed by atoms with E-state index >= 15 is 0 Å². The van der Waals surface area contributed by atoms with Crippen LogP contribution >= 0.6 is 0 Å². The standard InChI is InChI=1S/C25H27N3O2/c1-17-12-18(2)24(19(3)13-17)26-16-23(29)28-22-11-7-10-21(14-22)25(30)27-15-20-8-5-4-6-9-20/h4-14,26H,15-16H2,1-3H3,(H,27,30)(H,28,29). The van der Waals surface area contributed by atoms with Crippen molar-refractivity contribution in [1.82, 2.24) is 5.32 Å². The van der Waals surface area contributed by atoms with Crippen LogP contribution in [0.4, 0.5) is 11.4 Å². The molecule has 0 aliphatic heterocycles. The maximum absolute atomic E-state index is 12.4. The van der Waals surface area contributed by atoms with Crippen LogP contribution in [-0.4, -0.2) is 18.4 Å². The molecular weight excluding hydrogens is 374 g/mol. The van der Waals surface area contributed by atoms with Gasteiger partial charge in [0, 0.05) is 23.5 Å². The molecule has 0 spiro atoms. The number of amides is 2. The third kappa shape index (κ3) is 5.70. The van der Waals surface area contributed by atoms with Crippen LogP contribution in [-0.2, 0) is 11.3 Å². The van der Waals surface area contributed by atoms with Gasteiger partial charge in [0.25, 0.3) is 5.91 Å². The molecule has 0 aliphatic rings. The molecule has 0 bridgehead atoms. The zero-order valence-corrected chi connectivity index (χ0v) is 17.6. The normalized spacial score (nSPS) is 10.4. The first-order valence-corrected chi connectivity index (χ1v) is 9.96. The smallest absolute Gasteiger partial charge is 0.251 e. The van der Waals surface area contributed by atoms with E-state index in [0.29, 0.717) is 17.8 Å². The number of anilines is 2. The van der Waals surface area contributed by atoms with Crippen molar-refractivity contribution in [3.05, 3.63) is 94.5 Å². The molecule has 154 valence electrons. The van der Waals surface area contributed by atoms with E-state index in [0.717, 1.165) is 22.4 Å². The van der Waals surface area contributed by atoms with Crippen molar-refractivity contribution in [2.24, 2.45) is 0 Å². The number of benzene rings is 3. The molecule has 3 rings (SSSR count). The van der Waals surface area contributed by atoms with Gasteiger partial charge in [-0.2, -0.15) is 0 Å². The fourth-order valence-electron chi connectivity index (χ4n) is 3.45. The van der Waals surface area contributed by atoms with Crippen LogP contribution in [0.25, 0.3) is 0 Å². The molecule has 0 fully saturated rings. The second kappa shape index (κ2) is 9.74. The topological polar surface area (TPSA) is 70.2 Å². The molecule has 0 atom stereocenters. The van der Waals surface area contributed by atoms with E-state index in [1.807, 2.05) is 44.2 Å². The molecule has 3 aromatic carbocycles. The lowest BCUT2D eigenvalue weighted by Crippen LogP contribution is -2.24. The second-order valence-electron chi connectivity index (χ2n) is 7.42. The quantitative estimate of drug-likeness (QED) is 0.542. The lowest BCUT2D eigenvalue weighted by molar-refractivity contribution is -0.114. The highest BCUT2D eigenvalue weighted by molar-refractivity contribution is 5.98.